The van der Waals surface area contributed by atoms with E-state index >= 15 is 0 Å². The summed E-state index contributed by atoms with van der Waals surface area (Å²) in [6.07, 6.45) is 0. The molecule has 0 bridgehead atoms. The van der Waals surface area contributed by atoms with Gasteiger partial charge in [-0.1, -0.05) is 194 Å². The van der Waals surface area contributed by atoms with Gasteiger partial charge in [-0.2, -0.15) is 0 Å². The van der Waals surface area contributed by atoms with Crippen LogP contribution in [0.1, 0.15) is 50.1 Å². The summed E-state index contributed by atoms with van der Waals surface area (Å²) in [5, 5.41) is 2.56. The van der Waals surface area contributed by atoms with Crippen molar-refractivity contribution in [3.05, 3.63) is 293 Å². The molecule has 1 unspecified atom stereocenters. The number of fused-ring (bicyclic) bond motifs is 8. The topological polar surface area (TPSA) is 12.5 Å². The van der Waals surface area contributed by atoms with E-state index in [9.17, 15) is 0 Å². The highest BCUT2D eigenvalue weighted by atomic mass is 32.1. The third-order valence-corrected chi connectivity index (χ3v) is 15.3. The molecule has 2 nitrogen and oxygen atoms in total. The number of para-hydroxylation sites is 1. The van der Waals surface area contributed by atoms with Gasteiger partial charge in [-0.25, -0.2) is 0 Å². The second kappa shape index (κ2) is 15.1. The summed E-state index contributed by atoms with van der Waals surface area (Å²) >= 11 is 1.85. The summed E-state index contributed by atoms with van der Waals surface area (Å²) in [4.78, 5) is 2.46. The number of anilines is 3. The van der Waals surface area contributed by atoms with Gasteiger partial charge in [-0.15, -0.1) is 11.3 Å². The van der Waals surface area contributed by atoms with Crippen molar-refractivity contribution in [1.29, 1.82) is 0 Å². The molecule has 0 N–H and O–H groups in total. The smallest absolute Gasteiger partial charge is 0.132 e. The van der Waals surface area contributed by atoms with E-state index in [0.717, 1.165) is 39.7 Å². The van der Waals surface area contributed by atoms with E-state index in [4.69, 9.17) is 4.74 Å². The standard InChI is InChI=1S/C63H43NOS/c1-42-31-33-45(34-32-42)62(43-17-4-2-5-18-43)56-28-13-14-29-58(56)65-59-38-36-48(40-57(59)62)64(49-35-37-53-52-25-10-15-30-60(52)66-61(53)41-49)47-22-16-21-46(39-47)63(44-19-6-3-7-20-44)54-26-11-8-23-50(54)51-24-9-12-27-55(51)63/h2-41H,1H3. The summed E-state index contributed by atoms with van der Waals surface area (Å²) < 4.78 is 9.48. The number of rotatable bonds is 7. The fourth-order valence-corrected chi connectivity index (χ4v) is 12.5. The highest BCUT2D eigenvalue weighted by molar-refractivity contribution is 7.25. The predicted octanol–water partition coefficient (Wildman–Crippen LogP) is 16.7. The highest BCUT2D eigenvalue weighted by Crippen LogP contribution is 2.59. The minimum Gasteiger partial charge on any atom is -0.457 e. The van der Waals surface area contributed by atoms with Crippen LogP contribution in [-0.4, -0.2) is 0 Å². The summed E-state index contributed by atoms with van der Waals surface area (Å²) in [6, 6.07) is 89.6. The number of benzene rings is 10. The maximum absolute atomic E-state index is 6.94. The van der Waals surface area contributed by atoms with Crippen LogP contribution in [0.15, 0.2) is 243 Å². The Labute approximate surface area is 389 Å². The lowest BCUT2D eigenvalue weighted by Gasteiger charge is -2.42. The third-order valence-electron chi connectivity index (χ3n) is 14.1. The molecule has 0 radical (unpaired) electrons. The maximum Gasteiger partial charge on any atom is 0.132 e. The first-order valence-corrected chi connectivity index (χ1v) is 23.6. The number of hydrogen-bond acceptors (Lipinski definition) is 3. The Morgan fingerprint density at radius 2 is 0.864 bits per heavy atom. The zero-order valence-corrected chi connectivity index (χ0v) is 37.2. The van der Waals surface area contributed by atoms with Crippen molar-refractivity contribution in [2.45, 2.75) is 17.8 Å². The highest BCUT2D eigenvalue weighted by Gasteiger charge is 2.47. The molecule has 0 fully saturated rings. The molecule has 0 amide bonds. The van der Waals surface area contributed by atoms with Crippen molar-refractivity contribution in [2.75, 3.05) is 4.90 Å². The summed E-state index contributed by atoms with van der Waals surface area (Å²) in [5.74, 6) is 1.71. The van der Waals surface area contributed by atoms with Crippen LogP contribution in [0.4, 0.5) is 17.1 Å². The fraction of sp³-hybridized carbons (Fsp3) is 0.0476. The average molecular weight is 862 g/mol. The number of ether oxygens (including phenoxy) is 1. The number of hydrogen-bond donors (Lipinski definition) is 0. The van der Waals surface area contributed by atoms with Crippen LogP contribution < -0.4 is 9.64 Å². The van der Waals surface area contributed by atoms with Crippen LogP contribution in [0.2, 0.25) is 0 Å². The molecule has 3 heteroatoms. The Kier molecular flexibility index (Phi) is 8.78. The zero-order chi connectivity index (χ0) is 43.8. The Hall–Kier alpha value is -7.98. The number of aryl methyl sites for hydroxylation is 1. The molecule has 10 aromatic carbocycles. The van der Waals surface area contributed by atoms with E-state index in [2.05, 4.69) is 254 Å². The van der Waals surface area contributed by atoms with Gasteiger partial charge in [0.25, 0.3) is 0 Å². The van der Waals surface area contributed by atoms with Gasteiger partial charge in [0.1, 0.15) is 11.5 Å². The van der Waals surface area contributed by atoms with E-state index in [1.54, 1.807) is 0 Å². The van der Waals surface area contributed by atoms with Crippen molar-refractivity contribution < 1.29 is 4.74 Å². The monoisotopic (exact) mass is 861 g/mol. The molecule has 2 aliphatic rings. The molecule has 0 spiro atoms. The summed E-state index contributed by atoms with van der Waals surface area (Å²) in [6.45, 7) is 2.16. The summed E-state index contributed by atoms with van der Waals surface area (Å²) in [5.41, 5.74) is 15.4. The molecule has 0 saturated carbocycles. The first-order valence-electron chi connectivity index (χ1n) is 22.7. The van der Waals surface area contributed by atoms with Crippen molar-refractivity contribution >= 4 is 48.6 Å². The molecule has 13 rings (SSSR count). The lowest BCUT2D eigenvalue weighted by atomic mass is 9.63. The largest absolute Gasteiger partial charge is 0.457 e. The van der Waals surface area contributed by atoms with Crippen molar-refractivity contribution in [3.8, 4) is 22.6 Å². The lowest BCUT2D eigenvalue weighted by Crippen LogP contribution is -2.34. The first-order chi connectivity index (χ1) is 32.6. The van der Waals surface area contributed by atoms with Crippen molar-refractivity contribution in [1.82, 2.24) is 0 Å². The normalized spacial score (nSPS) is 15.3. The van der Waals surface area contributed by atoms with Gasteiger partial charge < -0.3 is 9.64 Å². The molecular formula is C63H43NOS. The van der Waals surface area contributed by atoms with Crippen LogP contribution in [0.25, 0.3) is 31.3 Å². The Bertz CT molecular complexity index is 3600. The van der Waals surface area contributed by atoms with Gasteiger partial charge >= 0.3 is 0 Å². The van der Waals surface area contributed by atoms with Gasteiger partial charge in [0.2, 0.25) is 0 Å². The molecule has 2 heterocycles. The predicted molar refractivity (Wildman–Crippen MR) is 274 cm³/mol. The molecule has 1 aliphatic carbocycles. The third kappa shape index (κ3) is 5.60. The molecule has 66 heavy (non-hydrogen) atoms. The van der Waals surface area contributed by atoms with Gasteiger partial charge in [-0.3, -0.25) is 0 Å². The molecule has 1 aromatic heterocycles. The van der Waals surface area contributed by atoms with Crippen LogP contribution >= 0.6 is 11.3 Å². The minimum atomic E-state index is -0.674. The van der Waals surface area contributed by atoms with E-state index < -0.39 is 10.8 Å². The quantitative estimate of drug-likeness (QED) is 0.158. The second-order valence-electron chi connectivity index (χ2n) is 17.6. The van der Waals surface area contributed by atoms with E-state index in [1.807, 2.05) is 11.3 Å². The van der Waals surface area contributed by atoms with E-state index in [1.165, 1.54) is 70.2 Å². The first kappa shape index (κ1) is 38.5. The molecule has 1 atom stereocenters. The molecule has 0 saturated heterocycles. The Balaban J connectivity index is 1.09. The number of nitrogens with zero attached hydrogens (tertiary/aromatic N) is 1. The van der Waals surface area contributed by atoms with Crippen LogP contribution in [-0.2, 0) is 10.8 Å². The average Bonchev–Trinajstić information content (AvgIpc) is 3.90. The molecule has 312 valence electrons. The van der Waals surface area contributed by atoms with Gasteiger partial charge in [-0.05, 0) is 106 Å². The van der Waals surface area contributed by atoms with Crippen molar-refractivity contribution in [3.63, 3.8) is 0 Å². The Morgan fingerprint density at radius 1 is 0.348 bits per heavy atom. The van der Waals surface area contributed by atoms with Crippen LogP contribution in [0, 0.1) is 6.92 Å². The number of thiophene rings is 1. The van der Waals surface area contributed by atoms with Gasteiger partial charge in [0, 0.05) is 48.4 Å². The van der Waals surface area contributed by atoms with Gasteiger partial charge in [0.05, 0.1) is 10.8 Å². The summed E-state index contributed by atoms with van der Waals surface area (Å²) in [7, 11) is 0. The minimum absolute atomic E-state index is 0.549. The van der Waals surface area contributed by atoms with Crippen molar-refractivity contribution in [2.24, 2.45) is 0 Å². The lowest BCUT2D eigenvalue weighted by molar-refractivity contribution is 0.434. The fourth-order valence-electron chi connectivity index (χ4n) is 11.3. The maximum atomic E-state index is 6.94. The van der Waals surface area contributed by atoms with E-state index in [0.29, 0.717) is 0 Å². The second-order valence-corrected chi connectivity index (χ2v) is 18.7. The van der Waals surface area contributed by atoms with Crippen LogP contribution in [0.3, 0.4) is 0 Å². The van der Waals surface area contributed by atoms with Crippen LogP contribution in [0.5, 0.6) is 11.5 Å². The Morgan fingerprint density at radius 3 is 1.59 bits per heavy atom. The van der Waals surface area contributed by atoms with Gasteiger partial charge in [0.15, 0.2) is 0 Å². The van der Waals surface area contributed by atoms with E-state index in [-0.39, 0.29) is 0 Å². The zero-order valence-electron chi connectivity index (χ0n) is 36.4. The molecule has 11 aromatic rings. The molecule has 1 aliphatic heterocycles. The molecular weight excluding hydrogens is 819 g/mol. The SMILES string of the molecule is Cc1ccc(C2(c3ccccc3)c3ccccc3Oc3ccc(N(c4cccc(C5(c6ccccc6)c6ccccc6-c6ccccc65)c4)c4ccc5c(c4)sc4ccccc45)cc32)cc1.